The molecule has 2 heterocycles. The van der Waals surface area contributed by atoms with E-state index < -0.39 is 29.3 Å². The van der Waals surface area contributed by atoms with Crippen LogP contribution in [0.25, 0.3) is 16.6 Å². The van der Waals surface area contributed by atoms with Crippen LogP contribution in [0.1, 0.15) is 37.4 Å². The maximum atomic E-state index is 14.1. The van der Waals surface area contributed by atoms with Crippen molar-refractivity contribution in [2.45, 2.75) is 37.8 Å². The first kappa shape index (κ1) is 20.4. The average molecular weight is 436 g/mol. The zero-order chi connectivity index (χ0) is 22.6. The summed E-state index contributed by atoms with van der Waals surface area (Å²) in [5.74, 6) is -1.66. The number of aromatic nitrogens is 3. The van der Waals surface area contributed by atoms with Gasteiger partial charge in [0.2, 0.25) is 5.95 Å². The number of aliphatic hydroxyl groups excluding tert-OH is 1. The fourth-order valence-corrected chi connectivity index (χ4v) is 4.75. The lowest BCUT2D eigenvalue weighted by Crippen LogP contribution is -2.39. The molecule has 2 unspecified atom stereocenters. The number of phenolic OH excluding ortho intramolecular Hbond substituents is 1. The van der Waals surface area contributed by atoms with Gasteiger partial charge in [-0.15, -0.1) is 0 Å². The molecular formula is C24H22F2N4O2. The molecule has 6 nitrogen and oxygen atoms in total. The van der Waals surface area contributed by atoms with Crippen LogP contribution in [0.3, 0.4) is 0 Å². The van der Waals surface area contributed by atoms with Gasteiger partial charge in [0.25, 0.3) is 0 Å². The van der Waals surface area contributed by atoms with Crippen LogP contribution in [-0.2, 0) is 5.41 Å². The summed E-state index contributed by atoms with van der Waals surface area (Å²) in [5.41, 5.74) is 2.54. The van der Waals surface area contributed by atoms with Crippen LogP contribution in [0.2, 0.25) is 0 Å². The van der Waals surface area contributed by atoms with Crippen molar-refractivity contribution < 1.29 is 19.0 Å². The minimum Gasteiger partial charge on any atom is -0.505 e. The molecule has 1 aliphatic rings. The first-order valence-corrected chi connectivity index (χ1v) is 10.3. The number of nitrogens with zero attached hydrogens (tertiary/aromatic N) is 3. The quantitative estimate of drug-likeness (QED) is 0.409. The number of benzene rings is 2. The molecule has 0 fully saturated rings. The van der Waals surface area contributed by atoms with E-state index in [1.165, 1.54) is 18.3 Å². The Hall–Kier alpha value is -3.52. The molecule has 0 radical (unpaired) electrons. The van der Waals surface area contributed by atoms with Crippen molar-refractivity contribution in [3.05, 3.63) is 77.8 Å². The number of anilines is 1. The maximum Gasteiger partial charge on any atom is 0.214 e. The van der Waals surface area contributed by atoms with E-state index >= 15 is 0 Å². The molecule has 4 aromatic rings. The number of fused-ring (bicyclic) bond motifs is 2. The Morgan fingerprint density at radius 2 is 1.97 bits per heavy atom. The van der Waals surface area contributed by atoms with Gasteiger partial charge in [-0.25, -0.2) is 14.1 Å². The van der Waals surface area contributed by atoms with Crippen LogP contribution < -0.4 is 5.32 Å². The number of hydrogen-bond acceptors (Lipinski definition) is 5. The van der Waals surface area contributed by atoms with Gasteiger partial charge in [0.05, 0.1) is 29.5 Å². The number of hydrogen-bond donors (Lipinski definition) is 3. The molecule has 2 aromatic heterocycles. The first-order valence-electron chi connectivity index (χ1n) is 10.3. The fourth-order valence-electron chi connectivity index (χ4n) is 4.75. The summed E-state index contributed by atoms with van der Waals surface area (Å²) in [6.07, 6.45) is 2.63. The molecule has 3 N–H and O–H groups in total. The molecule has 2 atom stereocenters. The molecule has 2 aromatic carbocycles. The van der Waals surface area contributed by atoms with Crippen molar-refractivity contribution in [3.63, 3.8) is 0 Å². The highest BCUT2D eigenvalue weighted by Crippen LogP contribution is 2.47. The van der Waals surface area contributed by atoms with E-state index in [9.17, 15) is 19.0 Å². The number of halogens is 2. The summed E-state index contributed by atoms with van der Waals surface area (Å²) in [7, 11) is 0. The fraction of sp³-hybridized carbons (Fsp3) is 0.250. The van der Waals surface area contributed by atoms with E-state index in [0.717, 1.165) is 10.9 Å². The number of phenols is 1. The predicted molar refractivity (Wildman–Crippen MR) is 117 cm³/mol. The summed E-state index contributed by atoms with van der Waals surface area (Å²) in [6, 6.07) is 10.8. The zero-order valence-electron chi connectivity index (χ0n) is 17.5. The third-order valence-corrected chi connectivity index (χ3v) is 6.16. The number of aromatic hydroxyl groups is 1. The molecule has 0 saturated carbocycles. The molecule has 5 rings (SSSR count). The summed E-state index contributed by atoms with van der Waals surface area (Å²) in [4.78, 5) is 3.58. The minimum atomic E-state index is -0.762. The summed E-state index contributed by atoms with van der Waals surface area (Å²) < 4.78 is 29.4. The largest absolute Gasteiger partial charge is 0.505 e. The molecule has 0 bridgehead atoms. The van der Waals surface area contributed by atoms with E-state index in [4.69, 9.17) is 0 Å². The van der Waals surface area contributed by atoms with Crippen LogP contribution in [0.4, 0.5) is 14.5 Å². The van der Waals surface area contributed by atoms with Gasteiger partial charge < -0.3 is 15.5 Å². The van der Waals surface area contributed by atoms with Crippen LogP contribution in [0, 0.1) is 11.8 Å². The Bertz CT molecular complexity index is 1340. The molecule has 0 saturated heterocycles. The van der Waals surface area contributed by atoms with Gasteiger partial charge in [0, 0.05) is 28.9 Å². The number of rotatable bonds is 3. The van der Waals surface area contributed by atoms with E-state index in [0.29, 0.717) is 28.9 Å². The first-order chi connectivity index (χ1) is 15.3. The Morgan fingerprint density at radius 3 is 2.75 bits per heavy atom. The van der Waals surface area contributed by atoms with Gasteiger partial charge in [-0.1, -0.05) is 26.0 Å². The third-order valence-electron chi connectivity index (χ3n) is 6.16. The van der Waals surface area contributed by atoms with Gasteiger partial charge in [-0.05, 0) is 41.7 Å². The van der Waals surface area contributed by atoms with Crippen LogP contribution in [0.5, 0.6) is 5.75 Å². The van der Waals surface area contributed by atoms with Crippen LogP contribution in [-0.4, -0.2) is 31.1 Å². The van der Waals surface area contributed by atoms with Crippen molar-refractivity contribution in [1.82, 2.24) is 14.8 Å². The van der Waals surface area contributed by atoms with Crippen molar-refractivity contribution in [1.29, 1.82) is 0 Å². The lowest BCUT2D eigenvalue weighted by Gasteiger charge is -2.41. The molecule has 0 spiro atoms. The van der Waals surface area contributed by atoms with Crippen LogP contribution in [0.15, 0.2) is 54.9 Å². The van der Waals surface area contributed by atoms with Gasteiger partial charge in [0.15, 0.2) is 11.6 Å². The standard InChI is InChI=1S/C24H22F2N4O2/c1-24(2)11-19(31)22(14-6-7-16(25)23(32)21(14)24)29-17-4-3-5-18-15(17)12-28-30(18)13-8-9-27-20(26)10-13/h3-10,12,19,22,29,31-32H,11H2,1-2H3. The molecule has 0 aliphatic heterocycles. The predicted octanol–water partition coefficient (Wildman–Crippen LogP) is 4.60. The molecule has 164 valence electrons. The number of pyridine rings is 1. The SMILES string of the molecule is CC1(C)CC(O)C(Nc2cccc3c2cnn3-c2ccnc(F)c2)c2ccc(F)c(O)c21. The maximum absolute atomic E-state index is 14.1. The molecule has 0 amide bonds. The molecule has 8 heteroatoms. The highest BCUT2D eigenvalue weighted by atomic mass is 19.1. The lowest BCUT2D eigenvalue weighted by atomic mass is 9.69. The molecular weight excluding hydrogens is 414 g/mol. The highest BCUT2D eigenvalue weighted by Gasteiger charge is 2.41. The average Bonchev–Trinajstić information content (AvgIpc) is 3.17. The Labute approximate surface area is 183 Å². The third kappa shape index (κ3) is 3.18. The van der Waals surface area contributed by atoms with E-state index in [2.05, 4.69) is 15.4 Å². The zero-order valence-corrected chi connectivity index (χ0v) is 17.5. The summed E-state index contributed by atoms with van der Waals surface area (Å²) in [5, 5.41) is 29.9. The Balaban J connectivity index is 1.59. The van der Waals surface area contributed by atoms with Gasteiger partial charge >= 0.3 is 0 Å². The topological polar surface area (TPSA) is 83.2 Å². The monoisotopic (exact) mass is 436 g/mol. The highest BCUT2D eigenvalue weighted by molar-refractivity contribution is 5.92. The minimum absolute atomic E-state index is 0.347. The summed E-state index contributed by atoms with van der Waals surface area (Å²) in [6.45, 7) is 3.76. The van der Waals surface area contributed by atoms with Crippen molar-refractivity contribution in [3.8, 4) is 11.4 Å². The smallest absolute Gasteiger partial charge is 0.214 e. The van der Waals surface area contributed by atoms with Gasteiger partial charge in [-0.3, -0.25) is 0 Å². The number of aliphatic hydroxyl groups is 1. The summed E-state index contributed by atoms with van der Waals surface area (Å²) >= 11 is 0. The van der Waals surface area contributed by atoms with Crippen molar-refractivity contribution >= 4 is 16.6 Å². The molecule has 32 heavy (non-hydrogen) atoms. The van der Waals surface area contributed by atoms with Gasteiger partial charge in [-0.2, -0.15) is 9.49 Å². The van der Waals surface area contributed by atoms with Crippen LogP contribution >= 0.6 is 0 Å². The Kier molecular flexibility index (Phi) is 4.63. The lowest BCUT2D eigenvalue weighted by molar-refractivity contribution is 0.105. The van der Waals surface area contributed by atoms with E-state index in [1.807, 2.05) is 32.0 Å². The second kappa shape index (κ2) is 7.27. The second-order valence-electron chi connectivity index (χ2n) is 8.77. The van der Waals surface area contributed by atoms with Gasteiger partial charge in [0.1, 0.15) is 0 Å². The van der Waals surface area contributed by atoms with Crippen molar-refractivity contribution in [2.24, 2.45) is 0 Å². The Morgan fingerprint density at radius 1 is 1.16 bits per heavy atom. The normalized spacial score (nSPS) is 19.7. The molecule has 1 aliphatic carbocycles. The van der Waals surface area contributed by atoms with E-state index in [-0.39, 0.29) is 5.75 Å². The van der Waals surface area contributed by atoms with Crippen molar-refractivity contribution in [2.75, 3.05) is 5.32 Å². The second-order valence-corrected chi connectivity index (χ2v) is 8.77. The van der Waals surface area contributed by atoms with E-state index in [1.54, 1.807) is 23.0 Å². The number of nitrogens with one attached hydrogen (secondary N) is 1.